The summed E-state index contributed by atoms with van der Waals surface area (Å²) in [5.41, 5.74) is 2.03. The summed E-state index contributed by atoms with van der Waals surface area (Å²) < 4.78 is 16.4. The van der Waals surface area contributed by atoms with Crippen LogP contribution in [0.5, 0.6) is 11.5 Å². The van der Waals surface area contributed by atoms with Gasteiger partial charge >= 0.3 is 0 Å². The van der Waals surface area contributed by atoms with Gasteiger partial charge < -0.3 is 18.9 Å². The van der Waals surface area contributed by atoms with Crippen LogP contribution in [-0.4, -0.2) is 35.7 Å². The van der Waals surface area contributed by atoms with Gasteiger partial charge in [-0.15, -0.1) is 0 Å². The first-order chi connectivity index (χ1) is 11.2. The lowest BCUT2D eigenvalue weighted by molar-refractivity contribution is -0.134. The highest BCUT2D eigenvalue weighted by Crippen LogP contribution is 2.27. The van der Waals surface area contributed by atoms with Gasteiger partial charge in [0.25, 0.3) is 5.91 Å². The third-order valence-corrected chi connectivity index (χ3v) is 3.89. The van der Waals surface area contributed by atoms with E-state index < -0.39 is 0 Å². The zero-order valence-electron chi connectivity index (χ0n) is 13.4. The number of nitrogens with zero attached hydrogens (tertiary/aromatic N) is 2. The summed E-state index contributed by atoms with van der Waals surface area (Å²) in [7, 11) is 0. The number of para-hydroxylation sites is 2. The maximum atomic E-state index is 12.4. The molecule has 1 aliphatic heterocycles. The normalized spacial score (nSPS) is 13.6. The Morgan fingerprint density at radius 3 is 2.78 bits per heavy atom. The van der Waals surface area contributed by atoms with Gasteiger partial charge in [0.15, 0.2) is 23.9 Å². The summed E-state index contributed by atoms with van der Waals surface area (Å²) in [5, 5.41) is 3.96. The molecule has 3 rings (SSSR count). The number of hydrogen-bond acceptors (Lipinski definition) is 5. The van der Waals surface area contributed by atoms with Crippen molar-refractivity contribution in [3.05, 3.63) is 41.3 Å². The van der Waals surface area contributed by atoms with Crippen LogP contribution in [0.4, 0.5) is 0 Å². The van der Waals surface area contributed by atoms with Crippen molar-refractivity contribution in [1.82, 2.24) is 10.1 Å². The van der Waals surface area contributed by atoms with Crippen LogP contribution < -0.4 is 9.47 Å². The molecule has 6 heteroatoms. The predicted octanol–water partition coefficient (Wildman–Crippen LogP) is 2.35. The fraction of sp³-hybridized carbons (Fsp3) is 0.412. The first-order valence-electron chi connectivity index (χ1n) is 7.75. The number of aryl methyl sites for hydroxylation is 1. The number of benzene rings is 1. The molecule has 1 aliphatic rings. The van der Waals surface area contributed by atoms with Crippen LogP contribution in [0.1, 0.15) is 23.9 Å². The minimum atomic E-state index is -0.0731. The summed E-state index contributed by atoms with van der Waals surface area (Å²) in [5.74, 6) is 1.93. The Kier molecular flexibility index (Phi) is 4.50. The monoisotopic (exact) mass is 316 g/mol. The van der Waals surface area contributed by atoms with E-state index in [4.69, 9.17) is 14.0 Å². The molecule has 122 valence electrons. The molecule has 0 spiro atoms. The van der Waals surface area contributed by atoms with Gasteiger partial charge in [-0.2, -0.15) is 0 Å². The van der Waals surface area contributed by atoms with Crippen LogP contribution in [-0.2, 0) is 17.8 Å². The summed E-state index contributed by atoms with van der Waals surface area (Å²) in [6.45, 7) is 5.47. The lowest BCUT2D eigenvalue weighted by atomic mass is 10.1. The number of fused-ring (bicyclic) bond motifs is 1. The topological polar surface area (TPSA) is 64.8 Å². The second-order valence-corrected chi connectivity index (χ2v) is 5.40. The van der Waals surface area contributed by atoms with E-state index in [0.29, 0.717) is 31.2 Å². The van der Waals surface area contributed by atoms with Crippen LogP contribution in [0.2, 0.25) is 0 Å². The average molecular weight is 316 g/mol. The van der Waals surface area contributed by atoms with Crippen LogP contribution in [0.3, 0.4) is 0 Å². The second kappa shape index (κ2) is 6.73. The Balaban J connectivity index is 1.60. The molecule has 0 atom stereocenters. The highest BCUT2D eigenvalue weighted by molar-refractivity contribution is 5.78. The van der Waals surface area contributed by atoms with E-state index in [-0.39, 0.29) is 12.5 Å². The predicted molar refractivity (Wildman–Crippen MR) is 83.5 cm³/mol. The third kappa shape index (κ3) is 3.31. The number of carbonyl (C=O) groups excluding carboxylic acids is 1. The zero-order valence-corrected chi connectivity index (χ0v) is 13.4. The van der Waals surface area contributed by atoms with Gasteiger partial charge in [0.1, 0.15) is 0 Å². The highest BCUT2D eigenvalue weighted by Gasteiger charge is 2.25. The summed E-state index contributed by atoms with van der Waals surface area (Å²) >= 11 is 0. The molecule has 0 bridgehead atoms. The molecule has 0 aliphatic carbocycles. The number of hydrogen-bond donors (Lipinski definition) is 0. The Morgan fingerprint density at radius 1 is 1.30 bits per heavy atom. The van der Waals surface area contributed by atoms with Gasteiger partial charge in [-0.25, -0.2) is 0 Å². The van der Waals surface area contributed by atoms with E-state index in [1.165, 1.54) is 0 Å². The Labute approximate surface area is 135 Å². The largest absolute Gasteiger partial charge is 0.490 e. The minimum Gasteiger partial charge on any atom is -0.490 e. The highest BCUT2D eigenvalue weighted by atomic mass is 16.5. The number of carbonyl (C=O) groups is 1. The quantitative estimate of drug-likeness (QED) is 0.847. The molecule has 1 aromatic heterocycles. The van der Waals surface area contributed by atoms with Crippen molar-refractivity contribution in [1.29, 1.82) is 0 Å². The van der Waals surface area contributed by atoms with Crippen molar-refractivity contribution in [3.63, 3.8) is 0 Å². The molecule has 0 fully saturated rings. The van der Waals surface area contributed by atoms with Crippen LogP contribution >= 0.6 is 0 Å². The molecule has 6 nitrogen and oxygen atoms in total. The molecule has 1 aromatic carbocycles. The molecule has 0 N–H and O–H groups in total. The maximum absolute atomic E-state index is 12.4. The Morgan fingerprint density at radius 2 is 2.04 bits per heavy atom. The lowest BCUT2D eigenvalue weighted by Gasteiger charge is -2.25. The number of aromatic nitrogens is 1. The van der Waals surface area contributed by atoms with Crippen molar-refractivity contribution in [2.75, 3.05) is 19.8 Å². The van der Waals surface area contributed by atoms with E-state index in [0.717, 1.165) is 23.4 Å². The van der Waals surface area contributed by atoms with Crippen molar-refractivity contribution in [2.24, 2.45) is 0 Å². The summed E-state index contributed by atoms with van der Waals surface area (Å²) in [4.78, 5) is 14.1. The summed E-state index contributed by atoms with van der Waals surface area (Å²) in [6.07, 6.45) is 0.770. The molecule has 2 heterocycles. The molecule has 23 heavy (non-hydrogen) atoms. The molecular formula is C17H20N2O4. The standard InChI is InChI=1S/C17H20N2O4/c1-3-21-14-6-4-5-7-15(14)22-11-17(20)19-9-8-13-12(2)18-23-16(13)10-19/h4-7H,3,8-11H2,1-2H3. The zero-order chi connectivity index (χ0) is 16.2. The van der Waals surface area contributed by atoms with Gasteiger partial charge in [0.05, 0.1) is 18.8 Å². The lowest BCUT2D eigenvalue weighted by Crippen LogP contribution is -2.38. The third-order valence-electron chi connectivity index (χ3n) is 3.89. The van der Waals surface area contributed by atoms with Gasteiger partial charge in [0.2, 0.25) is 0 Å². The Bertz CT molecular complexity index is 696. The van der Waals surface area contributed by atoms with Crippen molar-refractivity contribution in [2.45, 2.75) is 26.8 Å². The average Bonchev–Trinajstić information content (AvgIpc) is 2.95. The van der Waals surface area contributed by atoms with Crippen LogP contribution in [0.25, 0.3) is 0 Å². The van der Waals surface area contributed by atoms with Gasteiger partial charge in [-0.05, 0) is 32.4 Å². The second-order valence-electron chi connectivity index (χ2n) is 5.40. The van der Waals surface area contributed by atoms with Crippen molar-refractivity contribution >= 4 is 5.91 Å². The molecule has 0 radical (unpaired) electrons. The van der Waals surface area contributed by atoms with E-state index in [2.05, 4.69) is 5.16 Å². The molecule has 2 aromatic rings. The van der Waals surface area contributed by atoms with Gasteiger partial charge in [-0.1, -0.05) is 17.3 Å². The molecule has 0 saturated carbocycles. The van der Waals surface area contributed by atoms with Crippen LogP contribution in [0, 0.1) is 6.92 Å². The smallest absolute Gasteiger partial charge is 0.260 e. The minimum absolute atomic E-state index is 0.0213. The van der Waals surface area contributed by atoms with E-state index in [1.807, 2.05) is 32.0 Å². The van der Waals surface area contributed by atoms with Gasteiger partial charge in [0, 0.05) is 12.1 Å². The van der Waals surface area contributed by atoms with E-state index >= 15 is 0 Å². The van der Waals surface area contributed by atoms with Gasteiger partial charge in [-0.3, -0.25) is 4.79 Å². The molecule has 1 amide bonds. The van der Waals surface area contributed by atoms with E-state index in [1.54, 1.807) is 11.0 Å². The molecule has 0 unspecified atom stereocenters. The molecular weight excluding hydrogens is 296 g/mol. The van der Waals surface area contributed by atoms with Crippen molar-refractivity contribution in [3.8, 4) is 11.5 Å². The molecule has 0 saturated heterocycles. The first kappa shape index (κ1) is 15.4. The first-order valence-corrected chi connectivity index (χ1v) is 7.75. The van der Waals surface area contributed by atoms with Crippen LogP contribution in [0.15, 0.2) is 28.8 Å². The fourth-order valence-corrected chi connectivity index (χ4v) is 2.67. The fourth-order valence-electron chi connectivity index (χ4n) is 2.67. The maximum Gasteiger partial charge on any atom is 0.260 e. The van der Waals surface area contributed by atoms with Crippen molar-refractivity contribution < 1.29 is 18.8 Å². The van der Waals surface area contributed by atoms with E-state index in [9.17, 15) is 4.79 Å². The number of ether oxygens (including phenoxy) is 2. The summed E-state index contributed by atoms with van der Waals surface area (Å²) in [6, 6.07) is 7.35. The number of amides is 1. The Hall–Kier alpha value is -2.50. The number of rotatable bonds is 5. The SMILES string of the molecule is CCOc1ccccc1OCC(=O)N1CCc2c(C)noc2C1.